The molecule has 130 valence electrons. The highest BCUT2D eigenvalue weighted by Crippen LogP contribution is 2.37. The molecule has 0 spiro atoms. The molecule has 4 rings (SSSR count). The largest absolute Gasteiger partial charge is 0.497 e. The van der Waals surface area contributed by atoms with Crippen LogP contribution in [-0.4, -0.2) is 37.9 Å². The number of carbonyl (C=O) groups excluding carboxylic acids is 1. The Morgan fingerprint density at radius 3 is 2.76 bits per heavy atom. The number of benzene rings is 2. The Labute approximate surface area is 146 Å². The molecule has 6 heteroatoms. The van der Waals surface area contributed by atoms with Crippen molar-refractivity contribution < 1.29 is 19.0 Å². The van der Waals surface area contributed by atoms with Crippen LogP contribution in [0.1, 0.15) is 17.9 Å². The summed E-state index contributed by atoms with van der Waals surface area (Å²) in [5.74, 6) is 2.66. The number of fused-ring (bicyclic) bond motifs is 1. The lowest BCUT2D eigenvalue weighted by Crippen LogP contribution is -2.32. The molecule has 1 N–H and O–H groups in total. The summed E-state index contributed by atoms with van der Waals surface area (Å²) in [6.45, 7) is 1.71. The average molecular weight is 340 g/mol. The van der Waals surface area contributed by atoms with Crippen molar-refractivity contribution in [2.24, 2.45) is 0 Å². The monoisotopic (exact) mass is 340 g/mol. The first kappa shape index (κ1) is 15.6. The van der Waals surface area contributed by atoms with Gasteiger partial charge in [-0.1, -0.05) is 6.07 Å². The third-order valence-corrected chi connectivity index (χ3v) is 4.68. The number of nitrogens with one attached hydrogen (secondary N) is 1. The van der Waals surface area contributed by atoms with E-state index in [1.54, 1.807) is 7.11 Å². The van der Waals surface area contributed by atoms with E-state index in [4.69, 9.17) is 14.2 Å². The maximum absolute atomic E-state index is 12.5. The molecule has 1 unspecified atom stereocenters. The average Bonchev–Trinajstić information content (AvgIpc) is 3.31. The van der Waals surface area contributed by atoms with Gasteiger partial charge < -0.3 is 24.4 Å². The number of nitrogens with zero attached hydrogens (tertiary/aromatic N) is 1. The maximum Gasteiger partial charge on any atom is 0.321 e. The van der Waals surface area contributed by atoms with Gasteiger partial charge in [-0.3, -0.25) is 0 Å². The van der Waals surface area contributed by atoms with Crippen molar-refractivity contribution in [3.63, 3.8) is 0 Å². The smallest absolute Gasteiger partial charge is 0.321 e. The van der Waals surface area contributed by atoms with Gasteiger partial charge in [0, 0.05) is 24.7 Å². The number of urea groups is 1. The number of amides is 2. The molecule has 2 aromatic rings. The first-order valence-corrected chi connectivity index (χ1v) is 8.32. The normalized spacial score (nSPS) is 18.3. The second kappa shape index (κ2) is 6.55. The van der Waals surface area contributed by atoms with Crippen molar-refractivity contribution in [2.75, 3.05) is 32.3 Å². The fraction of sp³-hybridized carbons (Fsp3) is 0.316. The van der Waals surface area contributed by atoms with E-state index >= 15 is 0 Å². The fourth-order valence-electron chi connectivity index (χ4n) is 3.26. The van der Waals surface area contributed by atoms with Crippen molar-refractivity contribution in [2.45, 2.75) is 12.3 Å². The summed E-state index contributed by atoms with van der Waals surface area (Å²) >= 11 is 0. The van der Waals surface area contributed by atoms with Crippen molar-refractivity contribution >= 4 is 11.7 Å². The second-order valence-corrected chi connectivity index (χ2v) is 6.20. The maximum atomic E-state index is 12.5. The molecule has 2 aliphatic rings. The molecule has 1 saturated heterocycles. The first-order chi connectivity index (χ1) is 12.2. The predicted octanol–water partition coefficient (Wildman–Crippen LogP) is 3.45. The number of hydrogen-bond acceptors (Lipinski definition) is 4. The van der Waals surface area contributed by atoms with Gasteiger partial charge in [0.1, 0.15) is 5.75 Å². The quantitative estimate of drug-likeness (QED) is 0.930. The number of anilines is 1. The van der Waals surface area contributed by atoms with E-state index in [1.807, 2.05) is 41.3 Å². The fourth-order valence-corrected chi connectivity index (χ4v) is 3.26. The lowest BCUT2D eigenvalue weighted by molar-refractivity contribution is 0.174. The van der Waals surface area contributed by atoms with Crippen LogP contribution < -0.4 is 19.5 Å². The molecule has 2 heterocycles. The highest BCUT2D eigenvalue weighted by Gasteiger charge is 2.28. The van der Waals surface area contributed by atoms with Gasteiger partial charge in [0.2, 0.25) is 6.79 Å². The highest BCUT2D eigenvalue weighted by molar-refractivity contribution is 5.89. The molecule has 6 nitrogen and oxygen atoms in total. The van der Waals surface area contributed by atoms with E-state index in [-0.39, 0.29) is 12.8 Å². The van der Waals surface area contributed by atoms with Gasteiger partial charge in [0.05, 0.1) is 7.11 Å². The Morgan fingerprint density at radius 1 is 1.16 bits per heavy atom. The van der Waals surface area contributed by atoms with E-state index < -0.39 is 0 Å². The van der Waals surface area contributed by atoms with Gasteiger partial charge in [0.15, 0.2) is 11.5 Å². The van der Waals surface area contributed by atoms with Crippen LogP contribution in [-0.2, 0) is 0 Å². The lowest BCUT2D eigenvalue weighted by Gasteiger charge is -2.18. The molecule has 2 aliphatic heterocycles. The standard InChI is InChI=1S/C19H20N2O4/c1-23-16-5-3-15(4-6-16)20-19(22)21-9-8-14(11-21)13-2-7-17-18(10-13)25-12-24-17/h2-7,10,14H,8-9,11-12H2,1H3,(H,20,22). The molecule has 0 radical (unpaired) electrons. The van der Waals surface area contributed by atoms with E-state index in [2.05, 4.69) is 11.4 Å². The Bertz CT molecular complexity index is 775. The lowest BCUT2D eigenvalue weighted by atomic mass is 9.98. The SMILES string of the molecule is COc1ccc(NC(=O)N2CCC(c3ccc4c(c3)OCO4)C2)cc1. The Morgan fingerprint density at radius 2 is 1.96 bits per heavy atom. The summed E-state index contributed by atoms with van der Waals surface area (Å²) in [7, 11) is 1.62. The van der Waals surface area contributed by atoms with Crippen LogP contribution >= 0.6 is 0 Å². The summed E-state index contributed by atoms with van der Waals surface area (Å²) in [4.78, 5) is 14.3. The van der Waals surface area contributed by atoms with Crippen molar-refractivity contribution in [3.05, 3.63) is 48.0 Å². The van der Waals surface area contributed by atoms with Gasteiger partial charge in [-0.2, -0.15) is 0 Å². The molecule has 0 bridgehead atoms. The van der Waals surface area contributed by atoms with Crippen LogP contribution in [0, 0.1) is 0 Å². The van der Waals surface area contributed by atoms with Crippen molar-refractivity contribution in [3.8, 4) is 17.2 Å². The zero-order valence-electron chi connectivity index (χ0n) is 14.0. The molecule has 0 aliphatic carbocycles. The van der Waals surface area contributed by atoms with Crippen molar-refractivity contribution in [1.82, 2.24) is 4.90 Å². The minimum Gasteiger partial charge on any atom is -0.497 e. The van der Waals surface area contributed by atoms with E-state index in [9.17, 15) is 4.79 Å². The number of rotatable bonds is 3. The van der Waals surface area contributed by atoms with Gasteiger partial charge >= 0.3 is 6.03 Å². The number of ether oxygens (including phenoxy) is 3. The minimum atomic E-state index is -0.0755. The zero-order chi connectivity index (χ0) is 17.2. The number of methoxy groups -OCH3 is 1. The Balaban J connectivity index is 1.38. The molecule has 2 amide bonds. The van der Waals surface area contributed by atoms with Gasteiger partial charge in [-0.15, -0.1) is 0 Å². The van der Waals surface area contributed by atoms with Crippen LogP contribution in [0.15, 0.2) is 42.5 Å². The molecule has 0 aromatic heterocycles. The van der Waals surface area contributed by atoms with E-state index in [1.165, 1.54) is 5.56 Å². The van der Waals surface area contributed by atoms with Crippen LogP contribution in [0.5, 0.6) is 17.2 Å². The summed E-state index contributed by atoms with van der Waals surface area (Å²) in [6.07, 6.45) is 0.940. The summed E-state index contributed by atoms with van der Waals surface area (Å²) < 4.78 is 15.9. The summed E-state index contributed by atoms with van der Waals surface area (Å²) in [5, 5.41) is 2.94. The van der Waals surface area contributed by atoms with Gasteiger partial charge in [-0.25, -0.2) is 4.79 Å². The Kier molecular flexibility index (Phi) is 4.09. The molecular formula is C19H20N2O4. The predicted molar refractivity (Wildman–Crippen MR) is 93.5 cm³/mol. The van der Waals surface area contributed by atoms with Crippen LogP contribution in [0.4, 0.5) is 10.5 Å². The van der Waals surface area contributed by atoms with Gasteiger partial charge in [-0.05, 0) is 48.4 Å². The molecule has 25 heavy (non-hydrogen) atoms. The topological polar surface area (TPSA) is 60.0 Å². The third-order valence-electron chi connectivity index (χ3n) is 4.68. The number of likely N-dealkylation sites (tertiary alicyclic amines) is 1. The second-order valence-electron chi connectivity index (χ2n) is 6.20. The minimum absolute atomic E-state index is 0.0755. The summed E-state index contributed by atoms with van der Waals surface area (Å²) in [5.41, 5.74) is 1.95. The first-order valence-electron chi connectivity index (χ1n) is 8.32. The highest BCUT2D eigenvalue weighted by atomic mass is 16.7. The molecule has 1 atom stereocenters. The molecule has 0 saturated carbocycles. The summed E-state index contributed by atoms with van der Waals surface area (Å²) in [6, 6.07) is 13.3. The van der Waals surface area contributed by atoms with E-state index in [0.717, 1.165) is 35.9 Å². The van der Waals surface area contributed by atoms with Crippen LogP contribution in [0.25, 0.3) is 0 Å². The van der Waals surface area contributed by atoms with E-state index in [0.29, 0.717) is 12.5 Å². The molecular weight excluding hydrogens is 320 g/mol. The number of carbonyl (C=O) groups is 1. The molecule has 1 fully saturated rings. The Hall–Kier alpha value is -2.89. The van der Waals surface area contributed by atoms with Gasteiger partial charge in [0.25, 0.3) is 0 Å². The van der Waals surface area contributed by atoms with Crippen LogP contribution in [0.3, 0.4) is 0 Å². The van der Waals surface area contributed by atoms with Crippen molar-refractivity contribution in [1.29, 1.82) is 0 Å². The zero-order valence-corrected chi connectivity index (χ0v) is 14.0. The van der Waals surface area contributed by atoms with Crippen LogP contribution in [0.2, 0.25) is 0 Å². The third kappa shape index (κ3) is 3.20. The molecule has 2 aromatic carbocycles. The number of hydrogen-bond donors (Lipinski definition) is 1.